The van der Waals surface area contributed by atoms with Crippen LogP contribution < -0.4 is 10.9 Å². The number of hydrogen-bond donors (Lipinski definition) is 3. The predicted octanol–water partition coefficient (Wildman–Crippen LogP) is 3.35. The molecule has 0 radical (unpaired) electrons. The number of para-hydroxylation sites is 1. The number of carbonyl (C=O) groups excluding carboxylic acids is 3. The largest absolute Gasteiger partial charge is 0.465 e. The summed E-state index contributed by atoms with van der Waals surface area (Å²) in [5.41, 5.74) is 8.51. The number of carbonyl (C=O) groups is 3. The minimum absolute atomic E-state index is 0.154. The molecule has 4 aromatic rings. The van der Waals surface area contributed by atoms with Gasteiger partial charge in [-0.3, -0.25) is 20.4 Å². The van der Waals surface area contributed by atoms with Crippen molar-refractivity contribution in [1.29, 1.82) is 0 Å². The smallest absolute Gasteiger partial charge is 0.339 e. The lowest BCUT2D eigenvalue weighted by molar-refractivity contribution is 0.0599. The second-order valence-electron chi connectivity index (χ2n) is 7.56. The maximum Gasteiger partial charge on any atom is 0.339 e. The Morgan fingerprint density at radius 1 is 0.912 bits per heavy atom. The summed E-state index contributed by atoms with van der Waals surface area (Å²) in [4.78, 5) is 40.7. The fourth-order valence-electron chi connectivity index (χ4n) is 3.69. The van der Waals surface area contributed by atoms with Crippen LogP contribution in [0.15, 0.2) is 66.9 Å². The van der Waals surface area contributed by atoms with Gasteiger partial charge in [0.2, 0.25) is 0 Å². The third-order valence-electron chi connectivity index (χ3n) is 5.37. The van der Waals surface area contributed by atoms with E-state index in [4.69, 9.17) is 4.74 Å². The highest BCUT2D eigenvalue weighted by atomic mass is 16.5. The van der Waals surface area contributed by atoms with Crippen molar-refractivity contribution in [3.63, 3.8) is 0 Å². The van der Waals surface area contributed by atoms with Gasteiger partial charge >= 0.3 is 5.97 Å². The van der Waals surface area contributed by atoms with Gasteiger partial charge < -0.3 is 9.72 Å². The van der Waals surface area contributed by atoms with Gasteiger partial charge in [0.25, 0.3) is 11.8 Å². The second kappa shape index (κ2) is 9.45. The molecule has 4 rings (SSSR count). The molecule has 0 fully saturated rings. The van der Waals surface area contributed by atoms with Crippen molar-refractivity contribution >= 4 is 17.8 Å². The van der Waals surface area contributed by atoms with Gasteiger partial charge in [0, 0.05) is 17.5 Å². The van der Waals surface area contributed by atoms with Crippen molar-refractivity contribution < 1.29 is 19.1 Å². The van der Waals surface area contributed by atoms with E-state index in [1.165, 1.54) is 7.11 Å². The van der Waals surface area contributed by atoms with Gasteiger partial charge in [-0.1, -0.05) is 48.5 Å². The lowest BCUT2D eigenvalue weighted by atomic mass is 10.1. The van der Waals surface area contributed by atoms with Crippen LogP contribution in [0.4, 0.5) is 0 Å². The SMILES string of the molecule is COC(=O)c1c(C)[nH]c(C(=O)NNC(=O)c2cn(-c3ccccc3)nc2-c2ccccc2)c1C. The van der Waals surface area contributed by atoms with E-state index in [-0.39, 0.29) is 16.8 Å². The molecule has 0 atom stereocenters. The number of nitrogens with one attached hydrogen (secondary N) is 3. The van der Waals surface area contributed by atoms with Crippen LogP contribution in [0.2, 0.25) is 0 Å². The number of methoxy groups -OCH3 is 1. The summed E-state index contributed by atoms with van der Waals surface area (Å²) in [5, 5.41) is 4.60. The maximum absolute atomic E-state index is 13.1. The number of nitrogens with zero attached hydrogens (tertiary/aromatic N) is 2. The Balaban J connectivity index is 1.59. The molecule has 0 unspecified atom stereocenters. The first-order chi connectivity index (χ1) is 16.4. The average Bonchev–Trinajstić information content (AvgIpc) is 3.44. The molecule has 0 spiro atoms. The Kier molecular flexibility index (Phi) is 6.26. The number of H-pyrrole nitrogens is 1. The van der Waals surface area contributed by atoms with E-state index < -0.39 is 17.8 Å². The number of aryl methyl sites for hydroxylation is 1. The van der Waals surface area contributed by atoms with E-state index in [1.54, 1.807) is 24.7 Å². The molecule has 0 aliphatic rings. The number of aromatic nitrogens is 3. The van der Waals surface area contributed by atoms with Crippen molar-refractivity contribution in [2.45, 2.75) is 13.8 Å². The molecule has 34 heavy (non-hydrogen) atoms. The summed E-state index contributed by atoms with van der Waals surface area (Å²) >= 11 is 0. The zero-order valence-electron chi connectivity index (χ0n) is 18.9. The molecule has 0 bridgehead atoms. The van der Waals surface area contributed by atoms with Gasteiger partial charge in [-0.2, -0.15) is 5.10 Å². The van der Waals surface area contributed by atoms with Crippen LogP contribution in [0, 0.1) is 13.8 Å². The first-order valence-corrected chi connectivity index (χ1v) is 10.5. The molecule has 0 aliphatic heterocycles. The molecule has 3 N–H and O–H groups in total. The minimum atomic E-state index is -0.596. The fraction of sp³-hybridized carbons (Fsp3) is 0.120. The van der Waals surface area contributed by atoms with Gasteiger partial charge in [-0.05, 0) is 31.5 Å². The number of amides is 2. The van der Waals surface area contributed by atoms with Gasteiger partial charge in [-0.25, -0.2) is 9.48 Å². The fourth-order valence-corrected chi connectivity index (χ4v) is 3.69. The van der Waals surface area contributed by atoms with Crippen molar-refractivity contribution in [2.75, 3.05) is 7.11 Å². The molecular formula is C25H23N5O4. The Morgan fingerprint density at radius 2 is 1.53 bits per heavy atom. The summed E-state index contributed by atoms with van der Waals surface area (Å²) in [6.45, 7) is 3.29. The van der Waals surface area contributed by atoms with Crippen LogP contribution in [0.3, 0.4) is 0 Å². The predicted molar refractivity (Wildman–Crippen MR) is 126 cm³/mol. The van der Waals surface area contributed by atoms with E-state index in [9.17, 15) is 14.4 Å². The third kappa shape index (κ3) is 4.31. The zero-order valence-corrected chi connectivity index (χ0v) is 18.9. The topological polar surface area (TPSA) is 118 Å². The number of hydrogen-bond acceptors (Lipinski definition) is 5. The number of rotatable bonds is 5. The van der Waals surface area contributed by atoms with Crippen molar-refractivity contribution in [1.82, 2.24) is 25.6 Å². The van der Waals surface area contributed by atoms with E-state index in [0.29, 0.717) is 17.0 Å². The van der Waals surface area contributed by atoms with Crippen LogP contribution in [0.5, 0.6) is 0 Å². The average molecular weight is 457 g/mol. The number of hydrazine groups is 1. The number of ether oxygens (including phenoxy) is 1. The van der Waals surface area contributed by atoms with E-state index >= 15 is 0 Å². The van der Waals surface area contributed by atoms with Crippen LogP contribution in [0.1, 0.15) is 42.5 Å². The minimum Gasteiger partial charge on any atom is -0.465 e. The first kappa shape index (κ1) is 22.5. The molecule has 0 saturated heterocycles. The standard InChI is InChI=1S/C25H23N5O4/c1-15-20(25(33)34-3)16(2)26-21(15)24(32)28-27-23(31)19-14-30(18-12-8-5-9-13-18)29-22(19)17-10-6-4-7-11-17/h4-14,26H,1-3H3,(H,27,31)(H,28,32). The Labute approximate surface area is 195 Å². The number of aromatic amines is 1. The highest BCUT2D eigenvalue weighted by molar-refractivity contribution is 6.04. The maximum atomic E-state index is 13.1. The van der Waals surface area contributed by atoms with Crippen LogP contribution in [-0.2, 0) is 4.74 Å². The molecule has 2 aromatic heterocycles. The highest BCUT2D eigenvalue weighted by Crippen LogP contribution is 2.24. The molecule has 9 heteroatoms. The van der Waals surface area contributed by atoms with Gasteiger partial charge in [-0.15, -0.1) is 0 Å². The summed E-state index contributed by atoms with van der Waals surface area (Å²) in [6, 6.07) is 18.7. The summed E-state index contributed by atoms with van der Waals surface area (Å²) in [6.07, 6.45) is 1.61. The Morgan fingerprint density at radius 3 is 2.18 bits per heavy atom. The molecule has 2 amide bonds. The summed E-state index contributed by atoms with van der Waals surface area (Å²) in [5.74, 6) is -1.68. The first-order valence-electron chi connectivity index (χ1n) is 10.5. The molecule has 0 saturated carbocycles. The van der Waals surface area contributed by atoms with E-state index in [0.717, 1.165) is 11.3 Å². The number of esters is 1. The van der Waals surface area contributed by atoms with Gasteiger partial charge in [0.15, 0.2) is 0 Å². The van der Waals surface area contributed by atoms with Gasteiger partial charge in [0.1, 0.15) is 11.4 Å². The van der Waals surface area contributed by atoms with Crippen LogP contribution in [0.25, 0.3) is 16.9 Å². The lowest BCUT2D eigenvalue weighted by Gasteiger charge is -2.07. The van der Waals surface area contributed by atoms with Crippen LogP contribution in [-0.4, -0.2) is 39.7 Å². The monoisotopic (exact) mass is 457 g/mol. The Bertz CT molecular complexity index is 1360. The van der Waals surface area contributed by atoms with Crippen molar-refractivity contribution in [3.05, 3.63) is 94.9 Å². The van der Waals surface area contributed by atoms with Gasteiger partial charge in [0.05, 0.1) is 23.9 Å². The number of benzene rings is 2. The molecule has 172 valence electrons. The zero-order chi connectivity index (χ0) is 24.2. The summed E-state index contributed by atoms with van der Waals surface area (Å²) < 4.78 is 6.38. The quantitative estimate of drug-likeness (QED) is 0.314. The molecular weight excluding hydrogens is 434 g/mol. The van der Waals surface area contributed by atoms with Crippen molar-refractivity contribution in [2.24, 2.45) is 0 Å². The lowest BCUT2D eigenvalue weighted by Crippen LogP contribution is -2.42. The van der Waals surface area contributed by atoms with E-state index in [2.05, 4.69) is 20.9 Å². The van der Waals surface area contributed by atoms with Crippen molar-refractivity contribution in [3.8, 4) is 16.9 Å². The third-order valence-corrected chi connectivity index (χ3v) is 5.37. The molecule has 0 aliphatic carbocycles. The molecule has 2 aromatic carbocycles. The summed E-state index contributed by atoms with van der Waals surface area (Å²) in [7, 11) is 1.27. The highest BCUT2D eigenvalue weighted by Gasteiger charge is 2.24. The molecule has 9 nitrogen and oxygen atoms in total. The Hall–Kier alpha value is -4.66. The van der Waals surface area contributed by atoms with E-state index in [1.807, 2.05) is 60.7 Å². The molecule has 2 heterocycles. The van der Waals surface area contributed by atoms with Crippen LogP contribution >= 0.6 is 0 Å². The normalized spacial score (nSPS) is 10.6. The second-order valence-corrected chi connectivity index (χ2v) is 7.56.